The Kier molecular flexibility index (Phi) is 3.09. The van der Waals surface area contributed by atoms with E-state index in [9.17, 15) is 4.79 Å². The maximum atomic E-state index is 12.1. The molecule has 5 heteroatoms. The SMILES string of the molecule is Nc1ccccc1NC(=O)Cn1cnc2ccccc21. The van der Waals surface area contributed by atoms with Crippen LogP contribution in [0, 0.1) is 0 Å². The zero-order chi connectivity index (χ0) is 13.9. The lowest BCUT2D eigenvalue weighted by Gasteiger charge is -2.08. The number of fused-ring (bicyclic) bond motifs is 1. The molecule has 0 aliphatic heterocycles. The number of nitrogen functional groups attached to an aromatic ring is 1. The van der Waals surface area contributed by atoms with Crippen molar-refractivity contribution < 1.29 is 4.79 Å². The van der Waals surface area contributed by atoms with Gasteiger partial charge in [-0.05, 0) is 24.3 Å². The van der Waals surface area contributed by atoms with Crippen molar-refractivity contribution in [1.82, 2.24) is 9.55 Å². The molecule has 0 spiro atoms. The summed E-state index contributed by atoms with van der Waals surface area (Å²) in [5.74, 6) is -0.133. The minimum absolute atomic E-state index is 0.133. The molecule has 2 aromatic carbocycles. The van der Waals surface area contributed by atoms with E-state index in [1.54, 1.807) is 18.5 Å². The molecule has 5 nitrogen and oxygen atoms in total. The molecule has 0 fully saturated rings. The average molecular weight is 266 g/mol. The summed E-state index contributed by atoms with van der Waals surface area (Å²) in [6.07, 6.45) is 1.67. The van der Waals surface area contributed by atoms with Crippen LogP contribution in [0.3, 0.4) is 0 Å². The number of hydrogen-bond donors (Lipinski definition) is 2. The molecule has 1 amide bonds. The van der Waals surface area contributed by atoms with Crippen LogP contribution < -0.4 is 11.1 Å². The lowest BCUT2D eigenvalue weighted by molar-refractivity contribution is -0.116. The van der Waals surface area contributed by atoms with Gasteiger partial charge in [0.05, 0.1) is 28.7 Å². The Morgan fingerprint density at radius 3 is 2.75 bits per heavy atom. The normalized spacial score (nSPS) is 10.6. The van der Waals surface area contributed by atoms with Gasteiger partial charge in [0.1, 0.15) is 6.54 Å². The molecule has 0 radical (unpaired) electrons. The number of carbonyl (C=O) groups is 1. The number of nitrogens with zero attached hydrogens (tertiary/aromatic N) is 2. The molecule has 100 valence electrons. The number of amides is 1. The van der Waals surface area contributed by atoms with Crippen LogP contribution in [0.4, 0.5) is 11.4 Å². The van der Waals surface area contributed by atoms with E-state index in [2.05, 4.69) is 10.3 Å². The molecule has 0 unspecified atom stereocenters. The van der Waals surface area contributed by atoms with E-state index in [4.69, 9.17) is 5.73 Å². The summed E-state index contributed by atoms with van der Waals surface area (Å²) in [5.41, 5.74) is 8.79. The molecule has 3 aromatic rings. The van der Waals surface area contributed by atoms with E-state index in [0.29, 0.717) is 11.4 Å². The van der Waals surface area contributed by atoms with Gasteiger partial charge in [-0.15, -0.1) is 0 Å². The predicted octanol–water partition coefficient (Wildman–Crippen LogP) is 2.26. The lowest BCUT2D eigenvalue weighted by Crippen LogP contribution is -2.18. The number of aromatic nitrogens is 2. The zero-order valence-electron chi connectivity index (χ0n) is 10.8. The highest BCUT2D eigenvalue weighted by Gasteiger charge is 2.08. The highest BCUT2D eigenvalue weighted by Crippen LogP contribution is 2.17. The fourth-order valence-corrected chi connectivity index (χ4v) is 2.09. The third-order valence-electron chi connectivity index (χ3n) is 3.08. The fraction of sp³-hybridized carbons (Fsp3) is 0.0667. The smallest absolute Gasteiger partial charge is 0.244 e. The number of anilines is 2. The molecule has 1 aromatic heterocycles. The Morgan fingerprint density at radius 1 is 1.15 bits per heavy atom. The number of hydrogen-bond acceptors (Lipinski definition) is 3. The Balaban J connectivity index is 1.78. The van der Waals surface area contributed by atoms with Crippen molar-refractivity contribution in [3.05, 3.63) is 54.9 Å². The molecule has 20 heavy (non-hydrogen) atoms. The van der Waals surface area contributed by atoms with E-state index in [-0.39, 0.29) is 12.5 Å². The van der Waals surface area contributed by atoms with Crippen molar-refractivity contribution in [3.63, 3.8) is 0 Å². The first-order valence-corrected chi connectivity index (χ1v) is 6.28. The summed E-state index contributed by atoms with van der Waals surface area (Å²) in [4.78, 5) is 16.3. The zero-order valence-corrected chi connectivity index (χ0v) is 10.8. The number of benzene rings is 2. The average Bonchev–Trinajstić information content (AvgIpc) is 2.85. The van der Waals surface area contributed by atoms with Crippen LogP contribution in [0.2, 0.25) is 0 Å². The fourth-order valence-electron chi connectivity index (χ4n) is 2.09. The molecule has 3 rings (SSSR count). The van der Waals surface area contributed by atoms with Crippen molar-refractivity contribution in [2.75, 3.05) is 11.1 Å². The van der Waals surface area contributed by atoms with E-state index in [1.165, 1.54) is 0 Å². The van der Waals surface area contributed by atoms with E-state index < -0.39 is 0 Å². The second-order valence-corrected chi connectivity index (χ2v) is 4.50. The van der Waals surface area contributed by atoms with Crippen LogP contribution in [-0.4, -0.2) is 15.5 Å². The van der Waals surface area contributed by atoms with Gasteiger partial charge in [-0.2, -0.15) is 0 Å². The first kappa shape index (κ1) is 12.2. The van der Waals surface area contributed by atoms with Crippen LogP contribution in [0.25, 0.3) is 11.0 Å². The van der Waals surface area contributed by atoms with E-state index >= 15 is 0 Å². The highest BCUT2D eigenvalue weighted by atomic mass is 16.1. The van der Waals surface area contributed by atoms with Crippen LogP contribution in [0.15, 0.2) is 54.9 Å². The van der Waals surface area contributed by atoms with Crippen molar-refractivity contribution >= 4 is 28.3 Å². The molecule has 1 heterocycles. The Hall–Kier alpha value is -2.82. The second kappa shape index (κ2) is 5.05. The molecular formula is C15H14N4O. The Labute approximate surface area is 116 Å². The molecule has 0 saturated carbocycles. The molecule has 0 saturated heterocycles. The van der Waals surface area contributed by atoms with Crippen LogP contribution in [-0.2, 0) is 11.3 Å². The summed E-state index contributed by atoms with van der Waals surface area (Å²) in [7, 11) is 0. The van der Waals surface area contributed by atoms with Crippen molar-refractivity contribution in [3.8, 4) is 0 Å². The molecular weight excluding hydrogens is 252 g/mol. The van der Waals surface area contributed by atoms with Crippen molar-refractivity contribution in [2.24, 2.45) is 0 Å². The first-order chi connectivity index (χ1) is 9.74. The third kappa shape index (κ3) is 2.33. The van der Waals surface area contributed by atoms with Crippen LogP contribution in [0.5, 0.6) is 0 Å². The maximum absolute atomic E-state index is 12.1. The number of nitrogens with one attached hydrogen (secondary N) is 1. The van der Waals surface area contributed by atoms with Gasteiger partial charge in [0.2, 0.25) is 5.91 Å². The number of carbonyl (C=O) groups excluding carboxylic acids is 1. The minimum Gasteiger partial charge on any atom is -0.397 e. The molecule has 0 bridgehead atoms. The highest BCUT2D eigenvalue weighted by molar-refractivity contribution is 5.94. The summed E-state index contributed by atoms with van der Waals surface area (Å²) in [6, 6.07) is 14.9. The molecule has 3 N–H and O–H groups in total. The van der Waals surface area contributed by atoms with Gasteiger partial charge in [-0.25, -0.2) is 4.98 Å². The Bertz CT molecular complexity index is 763. The number of imidazole rings is 1. The monoisotopic (exact) mass is 266 g/mol. The summed E-state index contributed by atoms with van der Waals surface area (Å²) < 4.78 is 1.81. The quantitative estimate of drug-likeness (QED) is 0.714. The molecule has 0 atom stereocenters. The van der Waals surface area contributed by atoms with Crippen molar-refractivity contribution in [2.45, 2.75) is 6.54 Å². The number of rotatable bonds is 3. The van der Waals surface area contributed by atoms with Gasteiger partial charge >= 0.3 is 0 Å². The number of nitrogens with two attached hydrogens (primary N) is 1. The van der Waals surface area contributed by atoms with Gasteiger partial charge in [0, 0.05) is 0 Å². The predicted molar refractivity (Wildman–Crippen MR) is 79.2 cm³/mol. The van der Waals surface area contributed by atoms with Crippen molar-refractivity contribution in [1.29, 1.82) is 0 Å². The maximum Gasteiger partial charge on any atom is 0.244 e. The van der Waals surface area contributed by atoms with Gasteiger partial charge in [0.15, 0.2) is 0 Å². The van der Waals surface area contributed by atoms with Gasteiger partial charge < -0.3 is 15.6 Å². The summed E-state index contributed by atoms with van der Waals surface area (Å²) >= 11 is 0. The van der Waals surface area contributed by atoms with Gasteiger partial charge in [-0.3, -0.25) is 4.79 Å². The second-order valence-electron chi connectivity index (χ2n) is 4.50. The van der Waals surface area contributed by atoms with Gasteiger partial charge in [0.25, 0.3) is 0 Å². The van der Waals surface area contributed by atoms with Crippen LogP contribution >= 0.6 is 0 Å². The van der Waals surface area contributed by atoms with E-state index in [0.717, 1.165) is 11.0 Å². The minimum atomic E-state index is -0.133. The lowest BCUT2D eigenvalue weighted by atomic mass is 10.2. The molecule has 0 aliphatic carbocycles. The van der Waals surface area contributed by atoms with E-state index in [1.807, 2.05) is 41.0 Å². The summed E-state index contributed by atoms with van der Waals surface area (Å²) in [6.45, 7) is 0.203. The topological polar surface area (TPSA) is 72.9 Å². The Morgan fingerprint density at radius 2 is 1.90 bits per heavy atom. The van der Waals surface area contributed by atoms with Gasteiger partial charge in [-0.1, -0.05) is 24.3 Å². The number of para-hydroxylation sites is 4. The summed E-state index contributed by atoms with van der Waals surface area (Å²) in [5, 5.41) is 2.80. The third-order valence-corrected chi connectivity index (χ3v) is 3.08. The van der Waals surface area contributed by atoms with Crippen LogP contribution in [0.1, 0.15) is 0 Å². The first-order valence-electron chi connectivity index (χ1n) is 6.28. The standard InChI is InChI=1S/C15H14N4O/c16-11-5-1-2-6-12(11)18-15(20)9-19-10-17-13-7-3-4-8-14(13)19/h1-8,10H,9,16H2,(H,18,20). The largest absolute Gasteiger partial charge is 0.397 e. The molecule has 0 aliphatic rings.